The lowest BCUT2D eigenvalue weighted by molar-refractivity contribution is -0.917. The quantitative estimate of drug-likeness (QED) is 0.754. The summed E-state index contributed by atoms with van der Waals surface area (Å²) in [6.45, 7) is 7.44. The number of amides is 1. The van der Waals surface area contributed by atoms with Crippen LogP contribution in [0.5, 0.6) is 0 Å². The van der Waals surface area contributed by atoms with Crippen LogP contribution in [0, 0.1) is 0 Å². The molecule has 0 spiro atoms. The molecule has 1 aliphatic heterocycles. The van der Waals surface area contributed by atoms with Crippen molar-refractivity contribution < 1.29 is 32.7 Å². The van der Waals surface area contributed by atoms with Crippen LogP contribution in [0.4, 0.5) is 4.79 Å². The summed E-state index contributed by atoms with van der Waals surface area (Å²) >= 11 is 0. The van der Waals surface area contributed by atoms with Gasteiger partial charge in [0, 0.05) is 23.1 Å². The van der Waals surface area contributed by atoms with E-state index in [4.69, 9.17) is 0 Å². The zero-order valence-electron chi connectivity index (χ0n) is 16.4. The first-order chi connectivity index (χ1) is 12.9. The molecule has 2 heterocycles. The molecule has 0 fully saturated rings. The van der Waals surface area contributed by atoms with E-state index in [9.17, 15) is 28.2 Å². The molecule has 2 N–H and O–H groups in total. The zero-order valence-corrected chi connectivity index (χ0v) is 17.2. The average molecular weight is 409 g/mol. The maximum Gasteiger partial charge on any atom is 0.514 e. The third-order valence-corrected chi connectivity index (χ3v) is 7.54. The topological polar surface area (TPSA) is 114 Å². The second kappa shape index (κ2) is 6.31. The van der Waals surface area contributed by atoms with E-state index in [-0.39, 0.29) is 35.3 Å². The summed E-state index contributed by atoms with van der Waals surface area (Å²) in [5.74, 6) is -1.23. The Labute approximate surface area is 163 Å². The second-order valence-electron chi connectivity index (χ2n) is 8.18. The van der Waals surface area contributed by atoms with Crippen LogP contribution in [0.15, 0.2) is 18.2 Å². The van der Waals surface area contributed by atoms with Crippen molar-refractivity contribution in [2.75, 3.05) is 12.3 Å². The number of aromatic nitrogens is 1. The predicted octanol–water partition coefficient (Wildman–Crippen LogP) is 2.89. The van der Waals surface area contributed by atoms with Gasteiger partial charge >= 0.3 is 12.1 Å². The van der Waals surface area contributed by atoms with Gasteiger partial charge in [-0.2, -0.15) is 4.79 Å². The van der Waals surface area contributed by atoms with Gasteiger partial charge in [0.15, 0.2) is 0 Å². The van der Waals surface area contributed by atoms with E-state index < -0.39 is 27.6 Å². The fourth-order valence-electron chi connectivity index (χ4n) is 4.06. The van der Waals surface area contributed by atoms with Crippen molar-refractivity contribution in [1.82, 2.24) is 3.97 Å². The number of carboxylic acids is 1. The molecule has 28 heavy (non-hydrogen) atoms. The van der Waals surface area contributed by atoms with Crippen LogP contribution in [0.1, 0.15) is 49.3 Å². The lowest BCUT2D eigenvalue weighted by Crippen LogP contribution is -2.64. The minimum atomic E-state index is -3.63. The maximum atomic E-state index is 12.8. The number of nitrogens with zero attached hydrogens (tertiary/aromatic N) is 2. The Hall–Kier alpha value is -2.39. The SMILES string of the molecule is CCS(=O)(=O)n1c2c(c3cc(C(=O)O)ccc31)C[N+](C(=O)O)(C(C)(C)C)CC2. The second-order valence-corrected chi connectivity index (χ2v) is 10.3. The van der Waals surface area contributed by atoms with Crippen molar-refractivity contribution in [3.05, 3.63) is 35.0 Å². The number of hydrogen-bond acceptors (Lipinski definition) is 4. The van der Waals surface area contributed by atoms with Crippen LogP contribution in [0.2, 0.25) is 0 Å². The Morgan fingerprint density at radius 3 is 2.36 bits per heavy atom. The highest BCUT2D eigenvalue weighted by Gasteiger charge is 2.51. The van der Waals surface area contributed by atoms with Gasteiger partial charge < -0.3 is 10.2 Å². The number of carbonyl (C=O) groups is 2. The first-order valence-electron chi connectivity index (χ1n) is 9.09. The molecule has 9 heteroatoms. The molecule has 0 aliphatic carbocycles. The highest BCUT2D eigenvalue weighted by Crippen LogP contribution is 2.39. The van der Waals surface area contributed by atoms with E-state index in [2.05, 4.69) is 0 Å². The summed E-state index contributed by atoms with van der Waals surface area (Å²) in [5.41, 5.74) is 0.969. The van der Waals surface area contributed by atoms with Crippen molar-refractivity contribution in [3.8, 4) is 0 Å². The smallest absolute Gasteiger partial charge is 0.478 e. The lowest BCUT2D eigenvalue weighted by atomic mass is 9.93. The van der Waals surface area contributed by atoms with E-state index in [0.29, 0.717) is 22.2 Å². The van der Waals surface area contributed by atoms with E-state index in [0.717, 1.165) is 0 Å². The minimum Gasteiger partial charge on any atom is -0.478 e. The van der Waals surface area contributed by atoms with Gasteiger partial charge in [-0.3, -0.25) is 0 Å². The minimum absolute atomic E-state index is 0.0381. The van der Waals surface area contributed by atoms with Gasteiger partial charge in [0.25, 0.3) is 0 Å². The van der Waals surface area contributed by atoms with Gasteiger partial charge in [-0.15, -0.1) is 0 Å². The third-order valence-electron chi connectivity index (χ3n) is 5.83. The molecule has 1 unspecified atom stereocenters. The Morgan fingerprint density at radius 1 is 1.21 bits per heavy atom. The molecule has 0 saturated carbocycles. The van der Waals surface area contributed by atoms with E-state index in [1.165, 1.54) is 22.2 Å². The van der Waals surface area contributed by atoms with Crippen molar-refractivity contribution in [2.24, 2.45) is 0 Å². The molecular formula is C19H25N2O6S+. The average Bonchev–Trinajstić information content (AvgIpc) is 2.93. The molecule has 1 aliphatic rings. The number of benzene rings is 1. The summed E-state index contributed by atoms with van der Waals surface area (Å²) in [4.78, 5) is 23.7. The van der Waals surface area contributed by atoms with E-state index in [1.807, 2.05) is 20.8 Å². The van der Waals surface area contributed by atoms with Gasteiger partial charge in [0.1, 0.15) is 12.1 Å². The summed E-state index contributed by atoms with van der Waals surface area (Å²) in [7, 11) is -3.63. The Bertz CT molecular complexity index is 1090. The van der Waals surface area contributed by atoms with Gasteiger partial charge in [-0.25, -0.2) is 21.7 Å². The highest BCUT2D eigenvalue weighted by atomic mass is 32.2. The number of aromatic carboxylic acids is 1. The zero-order chi connectivity index (χ0) is 21.1. The lowest BCUT2D eigenvalue weighted by Gasteiger charge is -2.45. The summed E-state index contributed by atoms with van der Waals surface area (Å²) in [6.07, 6.45) is -0.707. The number of rotatable bonds is 3. The Balaban J connectivity index is 2.39. The van der Waals surface area contributed by atoms with E-state index in [1.54, 1.807) is 6.92 Å². The molecule has 0 bridgehead atoms. The standard InChI is InChI=1S/C19H24N2O6S/c1-5-28(26,27)20-15-7-6-12(17(22)23)10-13(15)14-11-21(18(24)25,19(2,3)4)9-8-16(14)20/h6-7,10H,5,8-9,11H2,1-4H3,(H-,22,23,24,25)/p+1. The molecule has 8 nitrogen and oxygen atoms in total. The highest BCUT2D eigenvalue weighted by molar-refractivity contribution is 7.90. The molecule has 0 radical (unpaired) electrons. The molecule has 1 aromatic carbocycles. The van der Waals surface area contributed by atoms with Crippen molar-refractivity contribution in [1.29, 1.82) is 0 Å². The fraction of sp³-hybridized carbons (Fsp3) is 0.474. The van der Waals surface area contributed by atoms with Crippen LogP contribution in [0.25, 0.3) is 10.9 Å². The maximum absolute atomic E-state index is 12.8. The molecule has 1 aromatic heterocycles. The first kappa shape index (κ1) is 20.3. The van der Waals surface area contributed by atoms with Crippen LogP contribution < -0.4 is 0 Å². The number of hydrogen-bond donors (Lipinski definition) is 2. The fourth-order valence-corrected chi connectivity index (χ4v) is 5.31. The summed E-state index contributed by atoms with van der Waals surface area (Å²) in [5, 5.41) is 19.9. The molecular weight excluding hydrogens is 384 g/mol. The molecule has 0 saturated heterocycles. The predicted molar refractivity (Wildman–Crippen MR) is 104 cm³/mol. The van der Waals surface area contributed by atoms with Gasteiger partial charge in [-0.05, 0) is 45.9 Å². The Morgan fingerprint density at radius 2 is 1.86 bits per heavy atom. The summed E-state index contributed by atoms with van der Waals surface area (Å²) in [6, 6.07) is 4.32. The van der Waals surface area contributed by atoms with Crippen molar-refractivity contribution in [2.45, 2.75) is 46.2 Å². The molecule has 3 rings (SSSR count). The van der Waals surface area contributed by atoms with Gasteiger partial charge in [-0.1, -0.05) is 0 Å². The third kappa shape index (κ3) is 2.80. The van der Waals surface area contributed by atoms with Gasteiger partial charge in [0.2, 0.25) is 10.0 Å². The largest absolute Gasteiger partial charge is 0.514 e. The first-order valence-corrected chi connectivity index (χ1v) is 10.7. The summed E-state index contributed by atoms with van der Waals surface area (Å²) < 4.78 is 26.6. The van der Waals surface area contributed by atoms with Crippen LogP contribution in [-0.2, 0) is 23.0 Å². The number of quaternary nitrogens is 1. The number of fused-ring (bicyclic) bond motifs is 3. The van der Waals surface area contributed by atoms with Crippen LogP contribution >= 0.6 is 0 Å². The Kier molecular flexibility index (Phi) is 4.59. The van der Waals surface area contributed by atoms with Crippen molar-refractivity contribution in [3.63, 3.8) is 0 Å². The molecule has 1 atom stereocenters. The van der Waals surface area contributed by atoms with Gasteiger partial charge in [0.05, 0.1) is 23.4 Å². The normalized spacial score (nSPS) is 20.1. The van der Waals surface area contributed by atoms with Crippen molar-refractivity contribution >= 4 is 33.0 Å². The van der Waals surface area contributed by atoms with Crippen LogP contribution in [0.3, 0.4) is 0 Å². The van der Waals surface area contributed by atoms with E-state index >= 15 is 0 Å². The molecule has 1 amide bonds. The molecule has 152 valence electrons. The van der Waals surface area contributed by atoms with Crippen LogP contribution in [-0.4, -0.2) is 57.0 Å². The molecule has 2 aromatic rings. The monoisotopic (exact) mass is 409 g/mol. The number of carboxylic acid groups (broad SMARTS) is 2.